The van der Waals surface area contributed by atoms with Crippen LogP contribution >= 0.6 is 0 Å². The SMILES string of the molecule is COc1cccc(C#N)c1NC(=O)c1cnn(C)c1C. The molecular formula is C14H14N4O2. The number of hydrogen-bond donors (Lipinski definition) is 1. The number of carbonyl (C=O) groups is 1. The highest BCUT2D eigenvalue weighted by molar-refractivity contribution is 6.06. The smallest absolute Gasteiger partial charge is 0.259 e. The van der Waals surface area contributed by atoms with Crippen molar-refractivity contribution in [3.05, 3.63) is 41.2 Å². The number of para-hydroxylation sites is 1. The van der Waals surface area contributed by atoms with Gasteiger partial charge in [-0.15, -0.1) is 0 Å². The number of aromatic nitrogens is 2. The molecule has 1 aromatic heterocycles. The molecule has 0 aliphatic heterocycles. The molecule has 0 unspecified atom stereocenters. The molecule has 1 N–H and O–H groups in total. The second-order valence-electron chi connectivity index (χ2n) is 4.22. The first-order chi connectivity index (χ1) is 9.58. The molecule has 0 bridgehead atoms. The minimum atomic E-state index is -0.323. The molecule has 0 saturated carbocycles. The van der Waals surface area contributed by atoms with Gasteiger partial charge in [-0.05, 0) is 19.1 Å². The Hall–Kier alpha value is -2.81. The third-order valence-corrected chi connectivity index (χ3v) is 3.08. The van der Waals surface area contributed by atoms with Crippen LogP contribution in [0.2, 0.25) is 0 Å². The van der Waals surface area contributed by atoms with Gasteiger partial charge in [0.05, 0.1) is 24.4 Å². The van der Waals surface area contributed by atoms with Crippen molar-refractivity contribution in [2.75, 3.05) is 12.4 Å². The molecule has 0 radical (unpaired) electrons. The minimum Gasteiger partial charge on any atom is -0.495 e. The maximum absolute atomic E-state index is 12.3. The first-order valence-corrected chi connectivity index (χ1v) is 5.95. The number of carbonyl (C=O) groups excluding carboxylic acids is 1. The van der Waals surface area contributed by atoms with Gasteiger partial charge in [-0.1, -0.05) is 6.07 Å². The summed E-state index contributed by atoms with van der Waals surface area (Å²) in [6.07, 6.45) is 1.49. The molecule has 6 heteroatoms. The number of benzene rings is 1. The van der Waals surface area contributed by atoms with Gasteiger partial charge in [0.15, 0.2) is 0 Å². The average molecular weight is 270 g/mol. The van der Waals surface area contributed by atoms with E-state index in [2.05, 4.69) is 10.4 Å². The third kappa shape index (κ3) is 2.34. The zero-order chi connectivity index (χ0) is 14.7. The Morgan fingerprint density at radius 3 is 2.80 bits per heavy atom. The van der Waals surface area contributed by atoms with Gasteiger partial charge >= 0.3 is 0 Å². The summed E-state index contributed by atoms with van der Waals surface area (Å²) in [5, 5.41) is 15.8. The monoisotopic (exact) mass is 270 g/mol. The van der Waals surface area contributed by atoms with Crippen LogP contribution in [0, 0.1) is 18.3 Å². The van der Waals surface area contributed by atoms with Crippen LogP contribution in [0.4, 0.5) is 5.69 Å². The number of nitriles is 1. The molecule has 102 valence electrons. The summed E-state index contributed by atoms with van der Waals surface area (Å²) in [5.74, 6) is 0.121. The van der Waals surface area contributed by atoms with Gasteiger partial charge in [0, 0.05) is 12.7 Å². The first-order valence-electron chi connectivity index (χ1n) is 5.95. The van der Waals surface area contributed by atoms with Crippen molar-refractivity contribution in [2.45, 2.75) is 6.92 Å². The van der Waals surface area contributed by atoms with Crippen LogP contribution in [0.15, 0.2) is 24.4 Å². The summed E-state index contributed by atoms with van der Waals surface area (Å²) in [4.78, 5) is 12.3. The largest absolute Gasteiger partial charge is 0.495 e. The van der Waals surface area contributed by atoms with Crippen molar-refractivity contribution < 1.29 is 9.53 Å². The predicted molar refractivity (Wildman–Crippen MR) is 73.6 cm³/mol. The molecule has 0 saturated heterocycles. The number of ether oxygens (including phenoxy) is 1. The summed E-state index contributed by atoms with van der Waals surface area (Å²) >= 11 is 0. The number of anilines is 1. The molecule has 1 aromatic carbocycles. The lowest BCUT2D eigenvalue weighted by Crippen LogP contribution is -2.14. The Morgan fingerprint density at radius 2 is 2.25 bits per heavy atom. The van der Waals surface area contributed by atoms with Crippen molar-refractivity contribution >= 4 is 11.6 Å². The second kappa shape index (κ2) is 5.45. The van der Waals surface area contributed by atoms with Crippen LogP contribution < -0.4 is 10.1 Å². The van der Waals surface area contributed by atoms with Crippen molar-refractivity contribution in [1.82, 2.24) is 9.78 Å². The lowest BCUT2D eigenvalue weighted by Gasteiger charge is -2.11. The number of methoxy groups -OCH3 is 1. The van der Waals surface area contributed by atoms with Crippen molar-refractivity contribution in [2.24, 2.45) is 7.05 Å². The maximum atomic E-state index is 12.3. The Kier molecular flexibility index (Phi) is 3.71. The highest BCUT2D eigenvalue weighted by atomic mass is 16.5. The summed E-state index contributed by atoms with van der Waals surface area (Å²) in [7, 11) is 3.25. The van der Waals surface area contributed by atoms with Crippen LogP contribution in [-0.4, -0.2) is 22.8 Å². The molecule has 20 heavy (non-hydrogen) atoms. The summed E-state index contributed by atoms with van der Waals surface area (Å²) in [5.41, 5.74) is 1.92. The normalized spacial score (nSPS) is 9.90. The van der Waals surface area contributed by atoms with E-state index in [0.717, 1.165) is 5.69 Å². The fraction of sp³-hybridized carbons (Fsp3) is 0.214. The van der Waals surface area contributed by atoms with E-state index in [0.29, 0.717) is 22.6 Å². The number of aryl methyl sites for hydroxylation is 1. The highest BCUT2D eigenvalue weighted by Gasteiger charge is 2.17. The summed E-state index contributed by atoms with van der Waals surface area (Å²) < 4.78 is 6.79. The van der Waals surface area contributed by atoms with Crippen LogP contribution in [0.3, 0.4) is 0 Å². The van der Waals surface area contributed by atoms with E-state index >= 15 is 0 Å². The fourth-order valence-electron chi connectivity index (χ4n) is 1.83. The lowest BCUT2D eigenvalue weighted by atomic mass is 10.1. The van der Waals surface area contributed by atoms with E-state index in [1.165, 1.54) is 13.3 Å². The lowest BCUT2D eigenvalue weighted by molar-refractivity contribution is 0.102. The number of nitrogens with one attached hydrogen (secondary N) is 1. The predicted octanol–water partition coefficient (Wildman–Crippen LogP) is 1.86. The van der Waals surface area contributed by atoms with Crippen molar-refractivity contribution in [3.8, 4) is 11.8 Å². The van der Waals surface area contributed by atoms with E-state index in [1.54, 1.807) is 36.9 Å². The summed E-state index contributed by atoms with van der Waals surface area (Å²) in [6, 6.07) is 7.03. The molecule has 2 rings (SSSR count). The van der Waals surface area contributed by atoms with E-state index in [1.807, 2.05) is 6.07 Å². The molecule has 0 fully saturated rings. The molecule has 6 nitrogen and oxygen atoms in total. The Bertz CT molecular complexity index is 698. The Morgan fingerprint density at radius 1 is 1.50 bits per heavy atom. The van der Waals surface area contributed by atoms with Crippen LogP contribution in [0.1, 0.15) is 21.6 Å². The fourth-order valence-corrected chi connectivity index (χ4v) is 1.83. The zero-order valence-corrected chi connectivity index (χ0v) is 11.5. The van der Waals surface area contributed by atoms with Gasteiger partial charge in [0.2, 0.25) is 0 Å². The average Bonchev–Trinajstić information content (AvgIpc) is 2.79. The van der Waals surface area contributed by atoms with Crippen molar-refractivity contribution in [1.29, 1.82) is 5.26 Å². The zero-order valence-electron chi connectivity index (χ0n) is 11.5. The third-order valence-electron chi connectivity index (χ3n) is 3.08. The van der Waals surface area contributed by atoms with Gasteiger partial charge < -0.3 is 10.1 Å². The summed E-state index contributed by atoms with van der Waals surface area (Å²) in [6.45, 7) is 1.80. The van der Waals surface area contributed by atoms with E-state index in [-0.39, 0.29) is 5.91 Å². The molecule has 2 aromatic rings. The number of hydrogen-bond acceptors (Lipinski definition) is 4. The molecule has 0 aliphatic carbocycles. The van der Waals surface area contributed by atoms with E-state index < -0.39 is 0 Å². The quantitative estimate of drug-likeness (QED) is 0.923. The van der Waals surface area contributed by atoms with Gasteiger partial charge in [0.25, 0.3) is 5.91 Å². The topological polar surface area (TPSA) is 79.9 Å². The van der Waals surface area contributed by atoms with Gasteiger partial charge in [-0.3, -0.25) is 9.48 Å². The van der Waals surface area contributed by atoms with E-state index in [9.17, 15) is 4.79 Å². The molecule has 0 atom stereocenters. The highest BCUT2D eigenvalue weighted by Crippen LogP contribution is 2.28. The first kappa shape index (κ1) is 13.6. The standard InChI is InChI=1S/C14H14N4O2/c1-9-11(8-16-18(9)2)14(19)17-13-10(7-15)5-4-6-12(13)20-3/h4-6,8H,1-3H3,(H,17,19). The second-order valence-corrected chi connectivity index (χ2v) is 4.22. The van der Waals surface area contributed by atoms with Gasteiger partial charge in [0.1, 0.15) is 17.5 Å². The Labute approximate surface area is 116 Å². The molecule has 1 heterocycles. The molecule has 1 amide bonds. The molecular weight excluding hydrogens is 256 g/mol. The molecule has 0 aliphatic rings. The Balaban J connectivity index is 2.38. The minimum absolute atomic E-state index is 0.323. The van der Waals surface area contributed by atoms with Gasteiger partial charge in [-0.2, -0.15) is 10.4 Å². The number of rotatable bonds is 3. The van der Waals surface area contributed by atoms with Crippen LogP contribution in [0.5, 0.6) is 5.75 Å². The molecule has 0 spiro atoms. The number of amides is 1. The van der Waals surface area contributed by atoms with Crippen molar-refractivity contribution in [3.63, 3.8) is 0 Å². The van der Waals surface area contributed by atoms with Crippen LogP contribution in [-0.2, 0) is 7.05 Å². The van der Waals surface area contributed by atoms with Gasteiger partial charge in [-0.25, -0.2) is 0 Å². The maximum Gasteiger partial charge on any atom is 0.259 e. The van der Waals surface area contributed by atoms with E-state index in [4.69, 9.17) is 10.00 Å². The van der Waals surface area contributed by atoms with Crippen LogP contribution in [0.25, 0.3) is 0 Å². The number of nitrogens with zero attached hydrogens (tertiary/aromatic N) is 3.